The van der Waals surface area contributed by atoms with Gasteiger partial charge in [-0.15, -0.1) is 0 Å². The second kappa shape index (κ2) is 69.0. The van der Waals surface area contributed by atoms with E-state index < -0.39 is 97.5 Å². The van der Waals surface area contributed by atoms with Gasteiger partial charge in [-0.2, -0.15) is 0 Å². The van der Waals surface area contributed by atoms with Crippen LogP contribution >= 0.6 is 15.6 Å². The third-order valence-corrected chi connectivity index (χ3v) is 16.9. The molecular formula is C77H130O17P2. The molecule has 0 aliphatic rings. The lowest BCUT2D eigenvalue weighted by Gasteiger charge is -2.21. The first-order valence-corrected chi connectivity index (χ1v) is 39.8. The summed E-state index contributed by atoms with van der Waals surface area (Å²) in [5.41, 5.74) is 0. The van der Waals surface area contributed by atoms with E-state index in [0.717, 1.165) is 96.3 Å². The van der Waals surface area contributed by atoms with Crippen LogP contribution in [0, 0.1) is 0 Å². The number of aliphatic hydroxyl groups excluding tert-OH is 1. The van der Waals surface area contributed by atoms with Crippen LogP contribution in [-0.4, -0.2) is 96.7 Å². The van der Waals surface area contributed by atoms with Gasteiger partial charge in [-0.05, 0) is 77.0 Å². The molecule has 3 N–H and O–H groups in total. The number of aliphatic hydroxyl groups is 1. The molecule has 0 aromatic rings. The van der Waals surface area contributed by atoms with E-state index in [1.54, 1.807) is 18.2 Å². The van der Waals surface area contributed by atoms with Gasteiger partial charge in [-0.25, -0.2) is 9.13 Å². The van der Waals surface area contributed by atoms with Gasteiger partial charge in [0, 0.05) is 12.8 Å². The Morgan fingerprint density at radius 3 is 0.875 bits per heavy atom. The van der Waals surface area contributed by atoms with E-state index in [1.807, 2.05) is 30.4 Å². The van der Waals surface area contributed by atoms with E-state index in [1.165, 1.54) is 109 Å². The number of unbranched alkanes of at least 4 members (excludes halogenated alkanes) is 24. The van der Waals surface area contributed by atoms with Crippen molar-refractivity contribution in [3.8, 4) is 0 Å². The van der Waals surface area contributed by atoms with Crippen molar-refractivity contribution in [1.82, 2.24) is 0 Å². The molecule has 0 aromatic heterocycles. The Hall–Kier alpha value is -4.54. The van der Waals surface area contributed by atoms with Crippen LogP contribution < -0.4 is 0 Å². The Bertz CT molecular complexity index is 2300. The van der Waals surface area contributed by atoms with Gasteiger partial charge in [-0.1, -0.05) is 303 Å². The highest BCUT2D eigenvalue weighted by molar-refractivity contribution is 7.47. The van der Waals surface area contributed by atoms with E-state index in [0.29, 0.717) is 25.7 Å². The SMILES string of the molecule is CC/C=C\C/C=C\C/C=C\C/C=C\C/C=C\CC(=O)OCC(COP(=O)(O)OCC(O)COP(=O)(O)OCC(COC(=O)CCCCCCCCCCCCCCCCC)OC(=O)CCCCCCCCCCCCC)OC(=O)C/C=C\C/C=C\C/C=C\C/C=C\C/C=C\CC. The van der Waals surface area contributed by atoms with Gasteiger partial charge in [-0.3, -0.25) is 37.3 Å². The molecule has 0 saturated heterocycles. The molecule has 17 nitrogen and oxygen atoms in total. The molecule has 550 valence electrons. The zero-order chi connectivity index (χ0) is 70.4. The fourth-order valence-electron chi connectivity index (χ4n) is 9.49. The van der Waals surface area contributed by atoms with Crippen LogP contribution in [0.25, 0.3) is 0 Å². The van der Waals surface area contributed by atoms with Crippen LogP contribution in [0.3, 0.4) is 0 Å². The molecule has 0 heterocycles. The summed E-state index contributed by atoms with van der Waals surface area (Å²) < 4.78 is 68.1. The summed E-state index contributed by atoms with van der Waals surface area (Å²) in [7, 11) is -9.99. The van der Waals surface area contributed by atoms with Gasteiger partial charge in [0.05, 0.1) is 39.3 Å². The fraction of sp³-hybridized carbons (Fsp3) is 0.688. The highest BCUT2D eigenvalue weighted by Gasteiger charge is 2.30. The number of phosphoric acid groups is 2. The zero-order valence-corrected chi connectivity index (χ0v) is 61.5. The Morgan fingerprint density at radius 1 is 0.302 bits per heavy atom. The highest BCUT2D eigenvalue weighted by Crippen LogP contribution is 2.45. The summed E-state index contributed by atoms with van der Waals surface area (Å²) in [4.78, 5) is 72.5. The van der Waals surface area contributed by atoms with Crippen molar-refractivity contribution in [2.24, 2.45) is 0 Å². The van der Waals surface area contributed by atoms with Crippen LogP contribution in [0.5, 0.6) is 0 Å². The molecule has 0 spiro atoms. The summed E-state index contributed by atoms with van der Waals surface area (Å²) in [6.45, 7) is 4.41. The number of carbonyl (C=O) groups excluding carboxylic acids is 4. The predicted molar refractivity (Wildman–Crippen MR) is 390 cm³/mol. The summed E-state index contributed by atoms with van der Waals surface area (Å²) in [6.07, 6.45) is 74.1. The van der Waals surface area contributed by atoms with Crippen LogP contribution in [0.1, 0.15) is 285 Å². The Kier molecular flexibility index (Phi) is 65.7. The van der Waals surface area contributed by atoms with Crippen molar-refractivity contribution < 1.29 is 80.2 Å². The summed E-state index contributed by atoms with van der Waals surface area (Å²) in [6, 6.07) is 0. The van der Waals surface area contributed by atoms with Gasteiger partial charge in [0.2, 0.25) is 0 Å². The van der Waals surface area contributed by atoms with Gasteiger partial charge in [0.15, 0.2) is 12.2 Å². The third-order valence-electron chi connectivity index (χ3n) is 15.0. The lowest BCUT2D eigenvalue weighted by molar-refractivity contribution is -0.161. The lowest BCUT2D eigenvalue weighted by atomic mass is 10.0. The van der Waals surface area contributed by atoms with Crippen molar-refractivity contribution in [3.63, 3.8) is 0 Å². The quantitative estimate of drug-likeness (QED) is 0.0169. The van der Waals surface area contributed by atoms with Crippen molar-refractivity contribution in [2.75, 3.05) is 39.6 Å². The van der Waals surface area contributed by atoms with Crippen molar-refractivity contribution in [2.45, 2.75) is 303 Å². The molecule has 0 aromatic carbocycles. The summed E-state index contributed by atoms with van der Waals surface area (Å²) >= 11 is 0. The van der Waals surface area contributed by atoms with Gasteiger partial charge >= 0.3 is 39.5 Å². The fourth-order valence-corrected chi connectivity index (χ4v) is 11.1. The predicted octanol–water partition coefficient (Wildman–Crippen LogP) is 20.8. The molecule has 0 amide bonds. The molecule has 0 saturated carbocycles. The van der Waals surface area contributed by atoms with Crippen molar-refractivity contribution in [1.29, 1.82) is 0 Å². The molecule has 0 rings (SSSR count). The Morgan fingerprint density at radius 2 is 0.552 bits per heavy atom. The Labute approximate surface area is 581 Å². The normalized spacial score (nSPS) is 14.7. The minimum absolute atomic E-state index is 0.0922. The molecule has 5 unspecified atom stereocenters. The molecule has 5 atom stereocenters. The number of esters is 4. The molecule has 0 radical (unpaired) electrons. The average Bonchev–Trinajstić information content (AvgIpc) is 1.09. The van der Waals surface area contributed by atoms with Crippen molar-refractivity contribution >= 4 is 39.5 Å². The number of hydrogen-bond donors (Lipinski definition) is 3. The lowest BCUT2D eigenvalue weighted by Crippen LogP contribution is -2.30. The monoisotopic (exact) mass is 1390 g/mol. The minimum Gasteiger partial charge on any atom is -0.462 e. The molecular weight excluding hydrogens is 1260 g/mol. The van der Waals surface area contributed by atoms with Gasteiger partial charge < -0.3 is 33.8 Å². The molecule has 0 fully saturated rings. The zero-order valence-electron chi connectivity index (χ0n) is 59.8. The highest BCUT2D eigenvalue weighted by atomic mass is 31.2. The minimum atomic E-state index is -5.01. The smallest absolute Gasteiger partial charge is 0.462 e. The average molecular weight is 1390 g/mol. The van der Waals surface area contributed by atoms with Crippen molar-refractivity contribution in [3.05, 3.63) is 122 Å². The first kappa shape index (κ1) is 91.5. The maximum absolute atomic E-state index is 13.0. The third kappa shape index (κ3) is 68.0. The maximum atomic E-state index is 13.0. The summed E-state index contributed by atoms with van der Waals surface area (Å²) in [5.74, 6) is -2.47. The second-order valence-electron chi connectivity index (χ2n) is 24.2. The van der Waals surface area contributed by atoms with E-state index in [2.05, 4.69) is 101 Å². The van der Waals surface area contributed by atoms with E-state index in [9.17, 15) is 43.2 Å². The molecule has 19 heteroatoms. The van der Waals surface area contributed by atoms with Crippen LogP contribution in [0.2, 0.25) is 0 Å². The first-order chi connectivity index (χ1) is 46.7. The first-order valence-electron chi connectivity index (χ1n) is 36.8. The van der Waals surface area contributed by atoms with Crippen LogP contribution in [0.15, 0.2) is 122 Å². The topological polar surface area (TPSA) is 237 Å². The van der Waals surface area contributed by atoms with Gasteiger partial charge in [0.1, 0.15) is 19.3 Å². The summed E-state index contributed by atoms with van der Waals surface area (Å²) in [5, 5.41) is 10.6. The van der Waals surface area contributed by atoms with E-state index >= 15 is 0 Å². The molecule has 0 bridgehead atoms. The molecule has 0 aliphatic carbocycles. The standard InChI is InChI=1S/C77H130O17P2/c1-5-9-13-17-21-25-29-32-35-38-42-45-49-53-57-61-74(79)87-67-72(93-76(81)63-59-55-51-47-41-28-24-20-16-12-8-4)69-91-95(83,84)89-65-71(78)66-90-96(85,86)92-70-73(94-77(82)64-60-56-52-48-44-40-37-34-31-27-23-19-15-11-7-3)68-88-75(80)62-58-54-50-46-43-39-36-33-30-26-22-18-14-10-6-2/h10-11,14-15,22-23,26-27,33-34,36-37,43-44,46,48,54,56,58,60,71-73,78H,5-9,12-13,16-21,24-25,28-32,35,38-42,45,47,49-53,55,57,59,61-70H2,1-4H3,(H,83,84)(H,85,86)/b14-10-,15-11-,26-22-,27-23-,36-33-,37-34-,46-43-,48-44-,58-54-,60-56-. The molecule has 0 aliphatic heterocycles. The number of allylic oxidation sites excluding steroid dienone is 18. The van der Waals surface area contributed by atoms with E-state index in [4.69, 9.17) is 37.0 Å². The largest absolute Gasteiger partial charge is 0.472 e. The van der Waals surface area contributed by atoms with Gasteiger partial charge in [0.25, 0.3) is 0 Å². The number of rotatable bonds is 68. The Balaban J connectivity index is 5.45. The number of phosphoric ester groups is 2. The number of carbonyl (C=O) groups is 4. The van der Waals surface area contributed by atoms with Crippen LogP contribution in [0.4, 0.5) is 0 Å². The second-order valence-corrected chi connectivity index (χ2v) is 27.1. The number of hydrogen-bond acceptors (Lipinski definition) is 15. The maximum Gasteiger partial charge on any atom is 0.472 e. The molecule has 96 heavy (non-hydrogen) atoms. The van der Waals surface area contributed by atoms with E-state index in [-0.39, 0.29) is 25.7 Å². The number of ether oxygens (including phenoxy) is 4. The van der Waals surface area contributed by atoms with Crippen LogP contribution in [-0.2, 0) is 65.4 Å².